The van der Waals surface area contributed by atoms with Crippen molar-refractivity contribution in [2.45, 2.75) is 12.8 Å². The molecule has 78 valence electrons. The second kappa shape index (κ2) is 5.71. The Hall–Kier alpha value is -1.95. The lowest BCUT2D eigenvalue weighted by molar-refractivity contribution is -0.136. The first kappa shape index (κ1) is 11.1. The monoisotopic (exact) mass is 204 g/mol. The highest BCUT2D eigenvalue weighted by molar-refractivity contribution is 5.67. The van der Waals surface area contributed by atoms with E-state index in [0.717, 1.165) is 11.3 Å². The lowest BCUT2D eigenvalue weighted by Crippen LogP contribution is -1.91. The average molecular weight is 204 g/mol. The molecule has 0 amide bonds. The fourth-order valence-corrected chi connectivity index (χ4v) is 1.03. The van der Waals surface area contributed by atoms with Crippen molar-refractivity contribution in [2.75, 3.05) is 7.11 Å². The summed E-state index contributed by atoms with van der Waals surface area (Å²) in [7, 11) is 1.59. The molecule has 1 N–H and O–H groups in total. The third-order valence-corrected chi connectivity index (χ3v) is 1.77. The smallest absolute Gasteiger partial charge is 0.304 e. The molecule has 0 saturated carbocycles. The SMILES string of the molecule is COc1cccc(C#CCCC(=O)O)c1. The van der Waals surface area contributed by atoms with Crippen LogP contribution in [0, 0.1) is 11.8 Å². The minimum atomic E-state index is -0.824. The molecule has 1 aromatic carbocycles. The first-order valence-electron chi connectivity index (χ1n) is 4.57. The Kier molecular flexibility index (Phi) is 4.24. The lowest BCUT2D eigenvalue weighted by atomic mass is 10.2. The number of methoxy groups -OCH3 is 1. The second-order valence-corrected chi connectivity index (χ2v) is 2.93. The quantitative estimate of drug-likeness (QED) is 0.765. The number of hydrogen-bond donors (Lipinski definition) is 1. The van der Waals surface area contributed by atoms with E-state index in [1.165, 1.54) is 0 Å². The highest BCUT2D eigenvalue weighted by Crippen LogP contribution is 2.11. The van der Waals surface area contributed by atoms with Crippen LogP contribution >= 0.6 is 0 Å². The molecule has 0 aliphatic carbocycles. The van der Waals surface area contributed by atoms with E-state index in [2.05, 4.69) is 11.8 Å². The third-order valence-electron chi connectivity index (χ3n) is 1.77. The van der Waals surface area contributed by atoms with Crippen LogP contribution in [0.1, 0.15) is 18.4 Å². The van der Waals surface area contributed by atoms with Gasteiger partial charge in [-0.1, -0.05) is 17.9 Å². The van der Waals surface area contributed by atoms with Gasteiger partial charge in [0.1, 0.15) is 5.75 Å². The molecule has 0 atom stereocenters. The van der Waals surface area contributed by atoms with Crippen molar-refractivity contribution in [3.8, 4) is 17.6 Å². The maximum atomic E-state index is 10.2. The summed E-state index contributed by atoms with van der Waals surface area (Å²) in [5.74, 6) is 5.61. The summed E-state index contributed by atoms with van der Waals surface area (Å²) in [6, 6.07) is 7.35. The third kappa shape index (κ3) is 4.19. The highest BCUT2D eigenvalue weighted by atomic mass is 16.5. The number of carboxylic acid groups (broad SMARTS) is 1. The van der Waals surface area contributed by atoms with Crippen molar-refractivity contribution in [3.05, 3.63) is 29.8 Å². The van der Waals surface area contributed by atoms with Gasteiger partial charge in [-0.2, -0.15) is 0 Å². The molecule has 3 heteroatoms. The Balaban J connectivity index is 2.59. The van der Waals surface area contributed by atoms with Gasteiger partial charge in [-0.05, 0) is 18.2 Å². The minimum absolute atomic E-state index is 0.0803. The normalized spacial score (nSPS) is 8.87. The van der Waals surface area contributed by atoms with E-state index in [1.54, 1.807) is 7.11 Å². The van der Waals surface area contributed by atoms with Crippen LogP contribution in [0.4, 0.5) is 0 Å². The maximum Gasteiger partial charge on any atom is 0.304 e. The van der Waals surface area contributed by atoms with Gasteiger partial charge >= 0.3 is 5.97 Å². The molecule has 15 heavy (non-hydrogen) atoms. The lowest BCUT2D eigenvalue weighted by Gasteiger charge is -1.98. The van der Waals surface area contributed by atoms with E-state index >= 15 is 0 Å². The zero-order chi connectivity index (χ0) is 11.1. The van der Waals surface area contributed by atoms with Crippen molar-refractivity contribution in [3.63, 3.8) is 0 Å². The molecule has 0 spiro atoms. The van der Waals surface area contributed by atoms with Crippen LogP contribution in [0.15, 0.2) is 24.3 Å². The number of benzene rings is 1. The van der Waals surface area contributed by atoms with Gasteiger partial charge in [-0.25, -0.2) is 0 Å². The first-order valence-corrected chi connectivity index (χ1v) is 4.57. The van der Waals surface area contributed by atoms with Crippen molar-refractivity contribution in [1.29, 1.82) is 0 Å². The largest absolute Gasteiger partial charge is 0.497 e. The van der Waals surface area contributed by atoms with Crippen LogP contribution in [0.3, 0.4) is 0 Å². The van der Waals surface area contributed by atoms with Crippen LogP contribution in [0.5, 0.6) is 5.75 Å². The number of rotatable bonds is 3. The molecule has 0 fully saturated rings. The Morgan fingerprint density at radius 3 is 3.00 bits per heavy atom. The Morgan fingerprint density at radius 1 is 1.53 bits per heavy atom. The Labute approximate surface area is 88.7 Å². The van der Waals surface area contributed by atoms with Gasteiger partial charge in [0.2, 0.25) is 0 Å². The summed E-state index contributed by atoms with van der Waals surface area (Å²) >= 11 is 0. The summed E-state index contributed by atoms with van der Waals surface area (Å²) in [5.41, 5.74) is 0.833. The molecule has 1 aromatic rings. The van der Waals surface area contributed by atoms with E-state index in [9.17, 15) is 4.79 Å². The molecule has 3 nitrogen and oxygen atoms in total. The number of carboxylic acids is 1. The molecule has 0 unspecified atom stereocenters. The fourth-order valence-electron chi connectivity index (χ4n) is 1.03. The molecule has 1 rings (SSSR count). The Bertz CT molecular complexity index is 399. The summed E-state index contributed by atoms with van der Waals surface area (Å²) in [5, 5.41) is 8.41. The molecular formula is C12H12O3. The molecule has 0 aromatic heterocycles. The molecular weight excluding hydrogens is 192 g/mol. The van der Waals surface area contributed by atoms with Crippen molar-refractivity contribution in [1.82, 2.24) is 0 Å². The van der Waals surface area contributed by atoms with E-state index in [0.29, 0.717) is 6.42 Å². The number of ether oxygens (including phenoxy) is 1. The summed E-state index contributed by atoms with van der Waals surface area (Å²) in [6.07, 6.45) is 0.448. The molecule has 0 radical (unpaired) electrons. The molecule has 0 saturated heterocycles. The van der Waals surface area contributed by atoms with Crippen LogP contribution < -0.4 is 4.74 Å². The maximum absolute atomic E-state index is 10.2. The van der Waals surface area contributed by atoms with Gasteiger partial charge in [0.25, 0.3) is 0 Å². The Morgan fingerprint density at radius 2 is 2.33 bits per heavy atom. The predicted octanol–water partition coefficient (Wildman–Crippen LogP) is 1.91. The van der Waals surface area contributed by atoms with Gasteiger partial charge in [0, 0.05) is 12.0 Å². The van der Waals surface area contributed by atoms with Crippen LogP contribution in [0.2, 0.25) is 0 Å². The predicted molar refractivity (Wildman–Crippen MR) is 56.7 cm³/mol. The van der Waals surface area contributed by atoms with E-state index in [4.69, 9.17) is 9.84 Å². The van der Waals surface area contributed by atoms with Gasteiger partial charge in [-0.15, -0.1) is 0 Å². The molecule has 0 bridgehead atoms. The molecule has 0 heterocycles. The van der Waals surface area contributed by atoms with E-state index < -0.39 is 5.97 Å². The number of carbonyl (C=O) groups is 1. The molecule has 0 aliphatic rings. The first-order chi connectivity index (χ1) is 7.22. The summed E-state index contributed by atoms with van der Waals surface area (Å²) in [4.78, 5) is 10.2. The van der Waals surface area contributed by atoms with Crippen LogP contribution in [0.25, 0.3) is 0 Å². The summed E-state index contributed by atoms with van der Waals surface area (Å²) < 4.78 is 5.04. The van der Waals surface area contributed by atoms with Gasteiger partial charge in [0.05, 0.1) is 13.5 Å². The molecule has 0 aliphatic heterocycles. The van der Waals surface area contributed by atoms with Gasteiger partial charge in [-0.3, -0.25) is 4.79 Å². The van der Waals surface area contributed by atoms with Gasteiger partial charge < -0.3 is 9.84 Å². The van der Waals surface area contributed by atoms with E-state index in [-0.39, 0.29) is 6.42 Å². The van der Waals surface area contributed by atoms with E-state index in [1.807, 2.05) is 24.3 Å². The van der Waals surface area contributed by atoms with Crippen molar-refractivity contribution >= 4 is 5.97 Å². The van der Waals surface area contributed by atoms with Crippen molar-refractivity contribution in [2.24, 2.45) is 0 Å². The average Bonchev–Trinajstić information content (AvgIpc) is 2.24. The number of hydrogen-bond acceptors (Lipinski definition) is 2. The highest BCUT2D eigenvalue weighted by Gasteiger charge is 1.93. The minimum Gasteiger partial charge on any atom is -0.497 e. The second-order valence-electron chi connectivity index (χ2n) is 2.93. The zero-order valence-electron chi connectivity index (χ0n) is 8.49. The summed E-state index contributed by atoms with van der Waals surface area (Å²) in [6.45, 7) is 0. The zero-order valence-corrected chi connectivity index (χ0v) is 8.49. The number of aliphatic carboxylic acids is 1. The van der Waals surface area contributed by atoms with Gasteiger partial charge in [0.15, 0.2) is 0 Å². The van der Waals surface area contributed by atoms with Crippen LogP contribution in [-0.2, 0) is 4.79 Å². The van der Waals surface area contributed by atoms with Crippen LogP contribution in [-0.4, -0.2) is 18.2 Å². The van der Waals surface area contributed by atoms with Crippen molar-refractivity contribution < 1.29 is 14.6 Å². The topological polar surface area (TPSA) is 46.5 Å². The fraction of sp³-hybridized carbons (Fsp3) is 0.250. The standard InChI is InChI=1S/C12H12O3/c1-15-11-7-4-6-10(9-11)5-2-3-8-12(13)14/h4,6-7,9H,3,8H2,1H3,(H,13,14).